The van der Waals surface area contributed by atoms with E-state index >= 15 is 0 Å². The number of carbonyl (C=O) groups is 2. The van der Waals surface area contributed by atoms with Crippen LogP contribution in [0.25, 0.3) is 6.08 Å². The number of methoxy groups -OCH3 is 1. The van der Waals surface area contributed by atoms with Crippen LogP contribution in [0.1, 0.15) is 47.9 Å². The van der Waals surface area contributed by atoms with Gasteiger partial charge in [0.05, 0.1) is 13.2 Å². The van der Waals surface area contributed by atoms with Crippen LogP contribution in [0.4, 0.5) is 0 Å². The fourth-order valence-corrected chi connectivity index (χ4v) is 5.10. The number of aromatic amines is 1. The number of fused-ring (bicyclic) bond motifs is 2. The van der Waals surface area contributed by atoms with Crippen LogP contribution < -0.4 is 20.9 Å². The van der Waals surface area contributed by atoms with Gasteiger partial charge in [0.25, 0.3) is 5.56 Å². The molecule has 0 saturated heterocycles. The van der Waals surface area contributed by atoms with Crippen molar-refractivity contribution in [2.45, 2.75) is 56.5 Å². The van der Waals surface area contributed by atoms with Gasteiger partial charge in [-0.3, -0.25) is 14.4 Å². The Bertz CT molecular complexity index is 1320. The normalized spacial score (nSPS) is 21.1. The number of H-pyrrole nitrogens is 1. The van der Waals surface area contributed by atoms with Crippen molar-refractivity contribution in [1.29, 1.82) is 5.26 Å². The van der Waals surface area contributed by atoms with Gasteiger partial charge in [0.1, 0.15) is 17.3 Å². The Hall–Kier alpha value is -3.86. The summed E-state index contributed by atoms with van der Waals surface area (Å²) in [5.74, 6) is 0.423. The number of aromatic nitrogens is 1. The minimum absolute atomic E-state index is 0.144. The Morgan fingerprint density at radius 2 is 2.11 bits per heavy atom. The molecule has 0 aliphatic heterocycles. The average Bonchev–Trinajstić information content (AvgIpc) is 3.57. The zero-order valence-electron chi connectivity index (χ0n) is 19.6. The number of nitriles is 1. The van der Waals surface area contributed by atoms with Crippen LogP contribution in [-0.2, 0) is 28.9 Å². The molecule has 1 fully saturated rings. The van der Waals surface area contributed by atoms with E-state index in [9.17, 15) is 19.6 Å². The fourth-order valence-electron chi connectivity index (χ4n) is 5.10. The van der Waals surface area contributed by atoms with E-state index in [-0.39, 0.29) is 23.8 Å². The number of ether oxygens (including phenoxy) is 1. The van der Waals surface area contributed by atoms with Gasteiger partial charge in [0.15, 0.2) is 0 Å². The van der Waals surface area contributed by atoms with Crippen molar-refractivity contribution in [2.75, 3.05) is 7.11 Å². The second kappa shape index (κ2) is 9.06. The molecule has 8 nitrogen and oxygen atoms in total. The minimum Gasteiger partial charge on any atom is -0.496 e. The molecule has 2 atom stereocenters. The fraction of sp³-hybridized carbons (Fsp3) is 0.407. The Morgan fingerprint density at radius 3 is 2.86 bits per heavy atom. The van der Waals surface area contributed by atoms with E-state index in [4.69, 9.17) is 4.74 Å². The molecule has 1 aromatic carbocycles. The molecule has 0 radical (unpaired) electrons. The van der Waals surface area contributed by atoms with Crippen LogP contribution in [0.3, 0.4) is 0 Å². The molecule has 3 N–H and O–H groups in total. The number of hydrogen-bond acceptors (Lipinski definition) is 5. The number of rotatable bonds is 7. The van der Waals surface area contributed by atoms with Gasteiger partial charge in [0, 0.05) is 35.7 Å². The summed E-state index contributed by atoms with van der Waals surface area (Å²) < 4.78 is 5.41. The van der Waals surface area contributed by atoms with Crippen molar-refractivity contribution in [3.63, 3.8) is 0 Å². The molecule has 2 amide bonds. The van der Waals surface area contributed by atoms with Crippen LogP contribution in [0.5, 0.6) is 5.75 Å². The first-order valence-corrected chi connectivity index (χ1v) is 12.0. The van der Waals surface area contributed by atoms with Crippen molar-refractivity contribution >= 4 is 17.9 Å². The molecule has 8 heteroatoms. The van der Waals surface area contributed by atoms with Gasteiger partial charge in [-0.15, -0.1) is 0 Å². The first-order chi connectivity index (χ1) is 16.9. The van der Waals surface area contributed by atoms with Crippen molar-refractivity contribution in [3.05, 3.63) is 68.6 Å². The summed E-state index contributed by atoms with van der Waals surface area (Å²) >= 11 is 0. The van der Waals surface area contributed by atoms with Crippen LogP contribution >= 0.6 is 0 Å². The SMILES string of the molecule is COc1cccc2c1C=C(C(=O)N[C@@H](CC1CC1)C(=O)N[C@@]1(C#N)CCc3cc[nH]c(=O)c3C1)C2. The van der Waals surface area contributed by atoms with Gasteiger partial charge in [-0.2, -0.15) is 5.26 Å². The third-order valence-corrected chi connectivity index (χ3v) is 7.29. The highest BCUT2D eigenvalue weighted by Gasteiger charge is 2.40. The van der Waals surface area contributed by atoms with Crippen LogP contribution in [0.2, 0.25) is 0 Å². The Labute approximate surface area is 203 Å². The van der Waals surface area contributed by atoms with Crippen molar-refractivity contribution in [1.82, 2.24) is 15.6 Å². The van der Waals surface area contributed by atoms with E-state index in [2.05, 4.69) is 21.7 Å². The lowest BCUT2D eigenvalue weighted by atomic mass is 9.79. The smallest absolute Gasteiger partial charge is 0.251 e. The van der Waals surface area contributed by atoms with Crippen molar-refractivity contribution in [2.24, 2.45) is 5.92 Å². The molecule has 1 heterocycles. The molecule has 0 bridgehead atoms. The van der Waals surface area contributed by atoms with Crippen molar-refractivity contribution in [3.8, 4) is 11.8 Å². The van der Waals surface area contributed by atoms with E-state index in [1.54, 1.807) is 13.3 Å². The molecule has 180 valence electrons. The van der Waals surface area contributed by atoms with Gasteiger partial charge >= 0.3 is 0 Å². The highest BCUT2D eigenvalue weighted by atomic mass is 16.5. The Balaban J connectivity index is 1.32. The number of hydrogen-bond donors (Lipinski definition) is 3. The van der Waals surface area contributed by atoms with Gasteiger partial charge in [0.2, 0.25) is 11.8 Å². The molecule has 0 unspecified atom stereocenters. The van der Waals surface area contributed by atoms with Gasteiger partial charge in [-0.05, 0) is 54.5 Å². The molecular formula is C27H28N4O4. The second-order valence-corrected chi connectivity index (χ2v) is 9.76. The maximum absolute atomic E-state index is 13.4. The molecule has 5 rings (SSSR count). The van der Waals surface area contributed by atoms with E-state index in [0.717, 1.165) is 29.5 Å². The first-order valence-electron chi connectivity index (χ1n) is 12.0. The Morgan fingerprint density at radius 1 is 1.29 bits per heavy atom. The van der Waals surface area contributed by atoms with Gasteiger partial charge < -0.3 is 20.4 Å². The lowest BCUT2D eigenvalue weighted by Gasteiger charge is -2.34. The topological polar surface area (TPSA) is 124 Å². The largest absolute Gasteiger partial charge is 0.496 e. The average molecular weight is 473 g/mol. The molecule has 1 aromatic heterocycles. The standard InChI is InChI=1S/C27H28N4O4/c1-35-23-4-2-3-18-12-19(13-20(18)23)24(32)30-22(11-16-5-6-16)26(34)31-27(15-28)9-7-17-8-10-29-25(33)21(17)14-27/h2-4,8,10,13,16,22H,5-7,9,11-12,14H2,1H3,(H,29,33)(H,30,32)(H,31,34)/t22-,27-/m0/s1. The molecule has 2 aromatic rings. The maximum atomic E-state index is 13.4. The Kier molecular flexibility index (Phi) is 5.93. The maximum Gasteiger partial charge on any atom is 0.251 e. The van der Waals surface area contributed by atoms with E-state index in [1.807, 2.05) is 30.3 Å². The molecular weight excluding hydrogens is 444 g/mol. The van der Waals surface area contributed by atoms with Crippen LogP contribution in [-0.4, -0.2) is 35.5 Å². The lowest BCUT2D eigenvalue weighted by Crippen LogP contribution is -2.58. The summed E-state index contributed by atoms with van der Waals surface area (Å²) in [5.41, 5.74) is 2.49. The number of aryl methyl sites for hydroxylation is 1. The van der Waals surface area contributed by atoms with Crippen LogP contribution in [0.15, 0.2) is 40.8 Å². The summed E-state index contributed by atoms with van der Waals surface area (Å²) in [6.07, 6.45) is 7.55. The number of nitrogens with one attached hydrogen (secondary N) is 3. The zero-order valence-corrected chi connectivity index (χ0v) is 19.6. The number of benzene rings is 1. The van der Waals surface area contributed by atoms with E-state index in [0.29, 0.717) is 48.5 Å². The summed E-state index contributed by atoms with van der Waals surface area (Å²) in [5, 5.41) is 15.8. The van der Waals surface area contributed by atoms with E-state index in [1.165, 1.54) is 0 Å². The molecule has 35 heavy (non-hydrogen) atoms. The summed E-state index contributed by atoms with van der Waals surface area (Å²) in [7, 11) is 1.60. The first kappa shape index (κ1) is 22.9. The molecule has 3 aliphatic carbocycles. The second-order valence-electron chi connectivity index (χ2n) is 9.76. The van der Waals surface area contributed by atoms with Crippen molar-refractivity contribution < 1.29 is 14.3 Å². The summed E-state index contributed by atoms with van der Waals surface area (Å²) in [6.45, 7) is 0. The number of carbonyl (C=O) groups excluding carboxylic acids is 2. The molecule has 3 aliphatic rings. The minimum atomic E-state index is -1.18. The number of pyridine rings is 1. The summed E-state index contributed by atoms with van der Waals surface area (Å²) in [6, 6.07) is 9.06. The predicted molar refractivity (Wildman–Crippen MR) is 130 cm³/mol. The van der Waals surface area contributed by atoms with Gasteiger partial charge in [-0.25, -0.2) is 0 Å². The molecule has 0 spiro atoms. The third-order valence-electron chi connectivity index (χ3n) is 7.29. The van der Waals surface area contributed by atoms with E-state index < -0.39 is 11.6 Å². The third kappa shape index (κ3) is 4.59. The van der Waals surface area contributed by atoms with Crippen LogP contribution in [0, 0.1) is 17.2 Å². The number of amides is 2. The summed E-state index contributed by atoms with van der Waals surface area (Å²) in [4.78, 5) is 41.5. The molecule has 1 saturated carbocycles. The lowest BCUT2D eigenvalue weighted by molar-refractivity contribution is -0.128. The highest BCUT2D eigenvalue weighted by molar-refractivity contribution is 6.03. The monoisotopic (exact) mass is 472 g/mol. The number of nitrogens with zero attached hydrogens (tertiary/aromatic N) is 1. The highest BCUT2D eigenvalue weighted by Crippen LogP contribution is 2.35. The predicted octanol–water partition coefficient (Wildman–Crippen LogP) is 2.18. The quantitative estimate of drug-likeness (QED) is 0.570. The zero-order chi connectivity index (χ0) is 24.6. The van der Waals surface area contributed by atoms with Gasteiger partial charge in [-0.1, -0.05) is 25.0 Å².